The zero-order valence-electron chi connectivity index (χ0n) is 19.4. The number of para-hydroxylation sites is 1. The lowest BCUT2D eigenvalue weighted by molar-refractivity contribution is -0.133. The van der Waals surface area contributed by atoms with Gasteiger partial charge in [0.15, 0.2) is 5.54 Å². The molecule has 2 aliphatic rings. The second-order valence-electron chi connectivity index (χ2n) is 9.45. The van der Waals surface area contributed by atoms with Crippen molar-refractivity contribution in [1.29, 1.82) is 0 Å². The molecular weight excluding hydrogens is 422 g/mol. The molecule has 4 aromatic rings. The average Bonchev–Trinajstić information content (AvgIpc) is 3.35. The first kappa shape index (κ1) is 20.7. The number of nitrogens with zero attached hydrogens (tertiary/aromatic N) is 2. The lowest BCUT2D eigenvalue weighted by Gasteiger charge is -2.40. The molecule has 0 bridgehead atoms. The van der Waals surface area contributed by atoms with Crippen molar-refractivity contribution in [1.82, 2.24) is 14.8 Å². The molecule has 0 spiro atoms. The molecule has 1 aromatic heterocycles. The standard InChI is InChI=1S/C29H27N3O2/c1-3-19-13-15-21(16-14-19)23-18-32-28(34)31(17-20-9-5-4-6-10-20)27(33)29(32,2)26-25(23)22-11-7-8-12-24(22)30-26/h4-16,23,30H,3,17-18H2,1-2H3. The van der Waals surface area contributed by atoms with Crippen LogP contribution in [0.3, 0.4) is 0 Å². The minimum atomic E-state index is -1.06. The van der Waals surface area contributed by atoms with E-state index in [-0.39, 0.29) is 24.4 Å². The van der Waals surface area contributed by atoms with Crippen LogP contribution in [-0.4, -0.2) is 33.3 Å². The van der Waals surface area contributed by atoms with Crippen LogP contribution in [0.25, 0.3) is 10.9 Å². The number of urea groups is 1. The highest BCUT2D eigenvalue weighted by atomic mass is 16.2. The zero-order valence-corrected chi connectivity index (χ0v) is 19.4. The van der Waals surface area contributed by atoms with Crippen LogP contribution in [0, 0.1) is 0 Å². The molecule has 0 aliphatic carbocycles. The first-order valence-electron chi connectivity index (χ1n) is 11.9. The third-order valence-electron chi connectivity index (χ3n) is 7.58. The second kappa shape index (κ2) is 7.59. The maximum absolute atomic E-state index is 13.9. The van der Waals surface area contributed by atoms with Gasteiger partial charge in [-0.05, 0) is 41.7 Å². The summed E-state index contributed by atoms with van der Waals surface area (Å²) >= 11 is 0. The molecule has 6 rings (SSSR count). The molecule has 1 N–H and O–H groups in total. The van der Waals surface area contributed by atoms with Gasteiger partial charge in [0.1, 0.15) is 0 Å². The lowest BCUT2D eigenvalue weighted by Crippen LogP contribution is -2.50. The van der Waals surface area contributed by atoms with Gasteiger partial charge in [-0.3, -0.25) is 9.69 Å². The van der Waals surface area contributed by atoms with Gasteiger partial charge in [0, 0.05) is 23.4 Å². The number of aromatic nitrogens is 1. The molecule has 5 heteroatoms. The summed E-state index contributed by atoms with van der Waals surface area (Å²) in [6.07, 6.45) is 0.981. The fraction of sp³-hybridized carbons (Fsp3) is 0.241. The number of benzene rings is 3. The fourth-order valence-corrected chi connectivity index (χ4v) is 5.65. The number of carbonyl (C=O) groups is 2. The van der Waals surface area contributed by atoms with E-state index in [1.54, 1.807) is 4.90 Å². The van der Waals surface area contributed by atoms with E-state index in [1.807, 2.05) is 55.5 Å². The van der Waals surface area contributed by atoms with E-state index in [1.165, 1.54) is 10.5 Å². The average molecular weight is 450 g/mol. The summed E-state index contributed by atoms with van der Waals surface area (Å²) in [5.74, 6) is -0.188. The van der Waals surface area contributed by atoms with Gasteiger partial charge in [0.2, 0.25) is 0 Å². The Morgan fingerprint density at radius 1 is 0.912 bits per heavy atom. The van der Waals surface area contributed by atoms with Crippen molar-refractivity contribution in [2.75, 3.05) is 6.54 Å². The number of carbonyl (C=O) groups excluding carboxylic acids is 2. The number of fused-ring (bicyclic) bond motifs is 5. The first-order chi connectivity index (χ1) is 16.5. The number of nitrogens with one attached hydrogen (secondary N) is 1. The minimum absolute atomic E-state index is 0.0152. The molecule has 3 heterocycles. The van der Waals surface area contributed by atoms with Gasteiger partial charge in [-0.1, -0.05) is 79.7 Å². The van der Waals surface area contributed by atoms with Crippen molar-refractivity contribution in [2.24, 2.45) is 0 Å². The van der Waals surface area contributed by atoms with Crippen molar-refractivity contribution >= 4 is 22.8 Å². The van der Waals surface area contributed by atoms with Gasteiger partial charge in [-0.25, -0.2) is 4.79 Å². The molecule has 5 nitrogen and oxygen atoms in total. The topological polar surface area (TPSA) is 56.4 Å². The van der Waals surface area contributed by atoms with Crippen LogP contribution in [0.5, 0.6) is 0 Å². The Bertz CT molecular complexity index is 1410. The van der Waals surface area contributed by atoms with Crippen LogP contribution in [-0.2, 0) is 23.3 Å². The van der Waals surface area contributed by atoms with Gasteiger partial charge in [0.25, 0.3) is 5.91 Å². The lowest BCUT2D eigenvalue weighted by atomic mass is 9.78. The van der Waals surface area contributed by atoms with Crippen LogP contribution in [0.1, 0.15) is 47.7 Å². The van der Waals surface area contributed by atoms with Crippen LogP contribution >= 0.6 is 0 Å². The van der Waals surface area contributed by atoms with E-state index < -0.39 is 5.54 Å². The number of amides is 3. The van der Waals surface area contributed by atoms with Crippen LogP contribution < -0.4 is 0 Å². The van der Waals surface area contributed by atoms with Crippen LogP contribution in [0.15, 0.2) is 78.9 Å². The molecule has 1 fully saturated rings. The molecule has 34 heavy (non-hydrogen) atoms. The molecule has 2 aliphatic heterocycles. The van der Waals surface area contributed by atoms with Gasteiger partial charge in [-0.15, -0.1) is 0 Å². The number of hydrogen-bond donors (Lipinski definition) is 1. The summed E-state index contributed by atoms with van der Waals surface area (Å²) in [5.41, 5.74) is 5.28. The summed E-state index contributed by atoms with van der Waals surface area (Å²) in [7, 11) is 0. The Morgan fingerprint density at radius 3 is 2.35 bits per heavy atom. The third-order valence-corrected chi connectivity index (χ3v) is 7.58. The smallest absolute Gasteiger partial charge is 0.328 e. The number of rotatable bonds is 4. The Kier molecular flexibility index (Phi) is 4.63. The van der Waals surface area contributed by atoms with E-state index in [9.17, 15) is 9.59 Å². The van der Waals surface area contributed by atoms with E-state index in [0.717, 1.165) is 39.7 Å². The minimum Gasteiger partial charge on any atom is -0.356 e. The highest BCUT2D eigenvalue weighted by Gasteiger charge is 2.60. The van der Waals surface area contributed by atoms with Crippen LogP contribution in [0.2, 0.25) is 0 Å². The summed E-state index contributed by atoms with van der Waals surface area (Å²) in [6, 6.07) is 26.3. The Labute approximate surface area is 199 Å². The maximum Gasteiger partial charge on any atom is 0.328 e. The monoisotopic (exact) mass is 449 g/mol. The Morgan fingerprint density at radius 2 is 1.62 bits per heavy atom. The van der Waals surface area contributed by atoms with Crippen molar-refractivity contribution in [2.45, 2.75) is 38.3 Å². The SMILES string of the molecule is CCc1ccc(C2CN3C(=O)N(Cc4ccccc4)C(=O)C3(C)c3[nH]c4ccccc4c32)cc1. The highest BCUT2D eigenvalue weighted by molar-refractivity contribution is 6.08. The summed E-state index contributed by atoms with van der Waals surface area (Å²) in [6.45, 7) is 4.78. The molecular formula is C29H27N3O2. The second-order valence-corrected chi connectivity index (χ2v) is 9.45. The van der Waals surface area contributed by atoms with Crippen molar-refractivity contribution in [3.05, 3.63) is 107 Å². The van der Waals surface area contributed by atoms with Crippen LogP contribution in [0.4, 0.5) is 4.79 Å². The summed E-state index contributed by atoms with van der Waals surface area (Å²) in [5, 5.41) is 1.12. The van der Waals surface area contributed by atoms with Crippen molar-refractivity contribution in [3.63, 3.8) is 0 Å². The van der Waals surface area contributed by atoms with Gasteiger partial charge < -0.3 is 9.88 Å². The molecule has 1 saturated heterocycles. The van der Waals surface area contributed by atoms with E-state index in [0.29, 0.717) is 6.54 Å². The molecule has 0 radical (unpaired) electrons. The molecule has 3 amide bonds. The van der Waals surface area contributed by atoms with Crippen molar-refractivity contribution < 1.29 is 9.59 Å². The van der Waals surface area contributed by atoms with E-state index >= 15 is 0 Å². The predicted octanol–water partition coefficient (Wildman–Crippen LogP) is 5.56. The van der Waals surface area contributed by atoms with Crippen molar-refractivity contribution in [3.8, 4) is 0 Å². The quantitative estimate of drug-likeness (QED) is 0.415. The van der Waals surface area contributed by atoms with Gasteiger partial charge >= 0.3 is 6.03 Å². The molecule has 3 aromatic carbocycles. The normalized spacial score (nSPS) is 21.8. The molecule has 0 saturated carbocycles. The third kappa shape index (κ3) is 2.86. The number of aryl methyl sites for hydroxylation is 1. The predicted molar refractivity (Wildman–Crippen MR) is 132 cm³/mol. The van der Waals surface area contributed by atoms with E-state index in [2.05, 4.69) is 42.2 Å². The fourth-order valence-electron chi connectivity index (χ4n) is 5.65. The zero-order chi connectivity index (χ0) is 23.4. The maximum atomic E-state index is 13.9. The first-order valence-corrected chi connectivity index (χ1v) is 11.9. The number of hydrogen-bond acceptors (Lipinski definition) is 2. The number of aromatic amines is 1. The summed E-state index contributed by atoms with van der Waals surface area (Å²) < 4.78 is 0. The Hall–Kier alpha value is -3.86. The van der Waals surface area contributed by atoms with Gasteiger partial charge in [0.05, 0.1) is 12.2 Å². The number of imide groups is 1. The molecule has 2 atom stereocenters. The van der Waals surface area contributed by atoms with E-state index in [4.69, 9.17) is 0 Å². The number of H-pyrrole nitrogens is 1. The molecule has 170 valence electrons. The Balaban J connectivity index is 1.51. The highest BCUT2D eigenvalue weighted by Crippen LogP contribution is 2.49. The summed E-state index contributed by atoms with van der Waals surface area (Å²) in [4.78, 5) is 34.3. The largest absolute Gasteiger partial charge is 0.356 e. The van der Waals surface area contributed by atoms with Gasteiger partial charge in [-0.2, -0.15) is 0 Å². The molecule has 2 unspecified atom stereocenters.